The van der Waals surface area contributed by atoms with Gasteiger partial charge in [0.25, 0.3) is 0 Å². The van der Waals surface area contributed by atoms with E-state index in [1.807, 2.05) is 0 Å². The highest BCUT2D eigenvalue weighted by Gasteiger charge is 2.45. The summed E-state index contributed by atoms with van der Waals surface area (Å²) in [7, 11) is 0. The van der Waals surface area contributed by atoms with Gasteiger partial charge >= 0.3 is 11.9 Å². The average molecular weight is 260 g/mol. The Bertz CT molecular complexity index is 312. The van der Waals surface area contributed by atoms with Crippen LogP contribution in [0, 0.1) is 0 Å². The SMILES string of the molecule is CCCOC(=O)CC(O)(C(C)=O)C(=O)OCCC. The standard InChI is InChI=1S/C12H20O6/c1-4-6-17-10(14)8-12(16,9(3)13)11(15)18-7-5-2/h16H,4-8H2,1-3H3. The maximum atomic E-state index is 11.6. The van der Waals surface area contributed by atoms with E-state index in [9.17, 15) is 19.5 Å². The third-order valence-corrected chi connectivity index (χ3v) is 2.22. The van der Waals surface area contributed by atoms with Crippen molar-refractivity contribution >= 4 is 17.7 Å². The molecule has 0 saturated carbocycles. The van der Waals surface area contributed by atoms with E-state index < -0.39 is 29.7 Å². The van der Waals surface area contributed by atoms with Gasteiger partial charge < -0.3 is 14.6 Å². The second kappa shape index (κ2) is 7.81. The van der Waals surface area contributed by atoms with Crippen LogP contribution in [-0.4, -0.2) is 41.6 Å². The Balaban J connectivity index is 4.66. The number of hydrogen-bond donors (Lipinski definition) is 1. The van der Waals surface area contributed by atoms with E-state index >= 15 is 0 Å². The highest BCUT2D eigenvalue weighted by atomic mass is 16.6. The second-order valence-corrected chi connectivity index (χ2v) is 3.95. The smallest absolute Gasteiger partial charge is 0.346 e. The lowest BCUT2D eigenvalue weighted by Crippen LogP contribution is -2.48. The Morgan fingerprint density at radius 3 is 2.00 bits per heavy atom. The summed E-state index contributed by atoms with van der Waals surface area (Å²) in [4.78, 5) is 34.3. The van der Waals surface area contributed by atoms with E-state index in [0.29, 0.717) is 12.8 Å². The summed E-state index contributed by atoms with van der Waals surface area (Å²) in [6.45, 7) is 4.87. The molecule has 0 aliphatic carbocycles. The van der Waals surface area contributed by atoms with E-state index in [0.717, 1.165) is 6.92 Å². The van der Waals surface area contributed by atoms with Gasteiger partial charge in [-0.2, -0.15) is 0 Å². The molecule has 1 N–H and O–H groups in total. The molecule has 0 saturated heterocycles. The third-order valence-electron chi connectivity index (χ3n) is 2.22. The van der Waals surface area contributed by atoms with Crippen LogP contribution in [0.1, 0.15) is 40.0 Å². The van der Waals surface area contributed by atoms with Crippen LogP contribution in [-0.2, 0) is 23.9 Å². The highest BCUT2D eigenvalue weighted by Crippen LogP contribution is 2.16. The summed E-state index contributed by atoms with van der Waals surface area (Å²) < 4.78 is 9.44. The zero-order valence-corrected chi connectivity index (χ0v) is 11.0. The molecule has 0 aliphatic rings. The maximum Gasteiger partial charge on any atom is 0.346 e. The first-order chi connectivity index (χ1) is 8.38. The topological polar surface area (TPSA) is 89.9 Å². The number of ketones is 1. The van der Waals surface area contributed by atoms with Crippen molar-refractivity contribution in [3.05, 3.63) is 0 Å². The molecule has 1 atom stereocenters. The molecule has 0 fully saturated rings. The van der Waals surface area contributed by atoms with Crippen molar-refractivity contribution in [2.45, 2.75) is 45.6 Å². The molecule has 6 nitrogen and oxygen atoms in total. The lowest BCUT2D eigenvalue weighted by Gasteiger charge is -2.22. The number of carbonyl (C=O) groups is 3. The van der Waals surface area contributed by atoms with Crippen molar-refractivity contribution in [2.24, 2.45) is 0 Å². The number of ether oxygens (including phenoxy) is 2. The molecule has 0 aromatic carbocycles. The molecule has 0 aliphatic heterocycles. The van der Waals surface area contributed by atoms with Crippen LogP contribution in [0.4, 0.5) is 0 Å². The van der Waals surface area contributed by atoms with Gasteiger partial charge in [0.15, 0.2) is 5.78 Å². The molecular formula is C12H20O6. The highest BCUT2D eigenvalue weighted by molar-refractivity contribution is 6.08. The van der Waals surface area contributed by atoms with Gasteiger partial charge in [0, 0.05) is 0 Å². The van der Waals surface area contributed by atoms with Crippen LogP contribution in [0.15, 0.2) is 0 Å². The van der Waals surface area contributed by atoms with E-state index in [1.165, 1.54) is 0 Å². The minimum atomic E-state index is -2.44. The van der Waals surface area contributed by atoms with Crippen molar-refractivity contribution in [1.82, 2.24) is 0 Å². The van der Waals surface area contributed by atoms with Crippen LogP contribution in [0.25, 0.3) is 0 Å². The van der Waals surface area contributed by atoms with Gasteiger partial charge in [-0.05, 0) is 19.8 Å². The van der Waals surface area contributed by atoms with Crippen molar-refractivity contribution in [2.75, 3.05) is 13.2 Å². The maximum absolute atomic E-state index is 11.6. The van der Waals surface area contributed by atoms with Gasteiger partial charge in [-0.25, -0.2) is 4.79 Å². The number of aliphatic hydroxyl groups is 1. The molecule has 0 aromatic rings. The van der Waals surface area contributed by atoms with Gasteiger partial charge in [0.1, 0.15) is 0 Å². The lowest BCUT2D eigenvalue weighted by molar-refractivity contribution is -0.176. The van der Waals surface area contributed by atoms with Gasteiger partial charge in [-0.1, -0.05) is 13.8 Å². The van der Waals surface area contributed by atoms with Crippen molar-refractivity contribution in [3.8, 4) is 0 Å². The Morgan fingerprint density at radius 1 is 1.06 bits per heavy atom. The fourth-order valence-corrected chi connectivity index (χ4v) is 1.13. The number of rotatable bonds is 8. The molecule has 0 radical (unpaired) electrons. The molecule has 1 unspecified atom stereocenters. The van der Waals surface area contributed by atoms with Gasteiger partial charge in [-0.3, -0.25) is 9.59 Å². The molecule has 0 aromatic heterocycles. The molecule has 0 heterocycles. The van der Waals surface area contributed by atoms with Crippen LogP contribution in [0.5, 0.6) is 0 Å². The van der Waals surface area contributed by atoms with E-state index in [2.05, 4.69) is 0 Å². The number of carbonyl (C=O) groups excluding carboxylic acids is 3. The Hall–Kier alpha value is -1.43. The molecular weight excluding hydrogens is 240 g/mol. The summed E-state index contributed by atoms with van der Waals surface area (Å²) in [5, 5.41) is 9.93. The van der Waals surface area contributed by atoms with Crippen molar-refractivity contribution in [3.63, 3.8) is 0 Å². The predicted octanol–water partition coefficient (Wildman–Crippen LogP) is 0.603. The molecule has 0 amide bonds. The monoisotopic (exact) mass is 260 g/mol. The number of hydrogen-bond acceptors (Lipinski definition) is 6. The van der Waals surface area contributed by atoms with Crippen LogP contribution < -0.4 is 0 Å². The fraction of sp³-hybridized carbons (Fsp3) is 0.750. The molecule has 18 heavy (non-hydrogen) atoms. The molecule has 0 bridgehead atoms. The van der Waals surface area contributed by atoms with Gasteiger partial charge in [0.05, 0.1) is 19.6 Å². The zero-order valence-electron chi connectivity index (χ0n) is 11.0. The minimum absolute atomic E-state index is 0.0818. The Kier molecular flexibility index (Phi) is 7.19. The van der Waals surface area contributed by atoms with Gasteiger partial charge in [-0.15, -0.1) is 0 Å². The van der Waals surface area contributed by atoms with Crippen LogP contribution in [0.2, 0.25) is 0 Å². The summed E-state index contributed by atoms with van der Waals surface area (Å²) in [6.07, 6.45) is 0.454. The fourth-order valence-electron chi connectivity index (χ4n) is 1.13. The zero-order chi connectivity index (χ0) is 14.2. The van der Waals surface area contributed by atoms with Crippen LogP contribution >= 0.6 is 0 Å². The average Bonchev–Trinajstić information content (AvgIpc) is 2.32. The van der Waals surface area contributed by atoms with E-state index in [-0.39, 0.29) is 13.2 Å². The predicted molar refractivity (Wildman–Crippen MR) is 62.7 cm³/mol. The van der Waals surface area contributed by atoms with E-state index in [4.69, 9.17) is 9.47 Å². The van der Waals surface area contributed by atoms with Gasteiger partial charge in [0.2, 0.25) is 5.60 Å². The third kappa shape index (κ3) is 4.83. The summed E-state index contributed by atoms with van der Waals surface area (Å²) >= 11 is 0. The van der Waals surface area contributed by atoms with Crippen molar-refractivity contribution in [1.29, 1.82) is 0 Å². The molecule has 104 valence electrons. The number of esters is 2. The first kappa shape index (κ1) is 16.6. The summed E-state index contributed by atoms with van der Waals surface area (Å²) in [5.41, 5.74) is -2.44. The Labute approximate surface area is 106 Å². The lowest BCUT2D eigenvalue weighted by atomic mass is 9.95. The largest absolute Gasteiger partial charge is 0.466 e. The van der Waals surface area contributed by atoms with E-state index in [1.54, 1.807) is 13.8 Å². The summed E-state index contributed by atoms with van der Waals surface area (Å²) in [5.74, 6) is -2.75. The first-order valence-electron chi connectivity index (χ1n) is 5.94. The normalized spacial score (nSPS) is 13.6. The van der Waals surface area contributed by atoms with Crippen LogP contribution in [0.3, 0.4) is 0 Å². The minimum Gasteiger partial charge on any atom is -0.466 e. The summed E-state index contributed by atoms with van der Waals surface area (Å²) in [6, 6.07) is 0. The molecule has 0 spiro atoms. The van der Waals surface area contributed by atoms with Crippen molar-refractivity contribution < 1.29 is 29.0 Å². The number of Topliss-reactive ketones (excluding diaryl/α,β-unsaturated/α-hetero) is 1. The Morgan fingerprint density at radius 2 is 1.56 bits per heavy atom. The molecule has 0 rings (SSSR count). The first-order valence-corrected chi connectivity index (χ1v) is 5.94. The quantitative estimate of drug-likeness (QED) is 0.508. The molecule has 6 heteroatoms. The second-order valence-electron chi connectivity index (χ2n) is 3.95.